The number of pyridine rings is 1. The molecule has 1 aliphatic rings. The van der Waals surface area contributed by atoms with Crippen molar-refractivity contribution in [3.8, 4) is 0 Å². The van der Waals surface area contributed by atoms with Crippen molar-refractivity contribution in [3.05, 3.63) is 29.8 Å². The smallest absolute Gasteiger partial charge is 0.258 e. The van der Waals surface area contributed by atoms with Gasteiger partial charge in [0.05, 0.1) is 11.5 Å². The third-order valence-corrected chi connectivity index (χ3v) is 3.10. The van der Waals surface area contributed by atoms with Crippen LogP contribution >= 0.6 is 0 Å². The van der Waals surface area contributed by atoms with Gasteiger partial charge >= 0.3 is 0 Å². The lowest BCUT2D eigenvalue weighted by Gasteiger charge is -2.31. The van der Waals surface area contributed by atoms with Crippen molar-refractivity contribution < 1.29 is 14.0 Å². The lowest BCUT2D eigenvalue weighted by Crippen LogP contribution is -2.44. The van der Waals surface area contributed by atoms with E-state index >= 15 is 0 Å². The summed E-state index contributed by atoms with van der Waals surface area (Å²) >= 11 is 0. The van der Waals surface area contributed by atoms with Gasteiger partial charge in [-0.2, -0.15) is 4.39 Å². The van der Waals surface area contributed by atoms with Crippen LogP contribution in [0, 0.1) is 11.9 Å². The number of aromatic nitrogens is 1. The molecule has 1 aromatic heterocycles. The number of piperidine rings is 1. The molecule has 1 saturated heterocycles. The number of hydrogen-bond donors (Lipinski definition) is 1. The van der Waals surface area contributed by atoms with Gasteiger partial charge in [-0.25, -0.2) is 4.98 Å². The average Bonchev–Trinajstić information content (AvgIpc) is 2.38. The highest BCUT2D eigenvalue weighted by molar-refractivity contribution is 5.94. The average molecular weight is 251 g/mol. The van der Waals surface area contributed by atoms with E-state index in [2.05, 4.69) is 4.98 Å². The predicted octanol–water partition coefficient (Wildman–Crippen LogP) is 0.558. The van der Waals surface area contributed by atoms with E-state index in [0.29, 0.717) is 19.4 Å². The molecule has 1 fully saturated rings. The number of hydrogen-bond acceptors (Lipinski definition) is 3. The Kier molecular flexibility index (Phi) is 3.55. The van der Waals surface area contributed by atoms with Crippen LogP contribution in [-0.4, -0.2) is 34.8 Å². The number of likely N-dealkylation sites (tertiary alicyclic amines) is 1. The number of carbonyl (C=O) groups excluding carboxylic acids is 2. The van der Waals surface area contributed by atoms with E-state index in [1.165, 1.54) is 23.2 Å². The molecule has 1 aliphatic heterocycles. The van der Waals surface area contributed by atoms with Crippen molar-refractivity contribution >= 4 is 11.8 Å². The van der Waals surface area contributed by atoms with Gasteiger partial charge in [-0.05, 0) is 25.0 Å². The van der Waals surface area contributed by atoms with Crippen molar-refractivity contribution in [1.82, 2.24) is 9.88 Å². The molecule has 0 aliphatic carbocycles. The summed E-state index contributed by atoms with van der Waals surface area (Å²) in [6, 6.07) is 2.89. The highest BCUT2D eigenvalue weighted by Gasteiger charge is 2.28. The maximum atomic E-state index is 13.4. The fourth-order valence-corrected chi connectivity index (χ4v) is 2.11. The third-order valence-electron chi connectivity index (χ3n) is 3.10. The second-order valence-electron chi connectivity index (χ2n) is 4.33. The number of nitrogens with two attached hydrogens (primary N) is 1. The summed E-state index contributed by atoms with van der Waals surface area (Å²) in [6.07, 6.45) is 2.66. The number of rotatable bonds is 2. The normalized spacial score (nSPS) is 19.6. The number of nitrogens with zero attached hydrogens (tertiary/aromatic N) is 2. The molecule has 96 valence electrons. The Hall–Kier alpha value is -1.98. The first-order chi connectivity index (χ1) is 8.59. The number of halogens is 1. The SMILES string of the molecule is NC(=O)C1CCCN(C(=O)c2cccnc2F)C1. The van der Waals surface area contributed by atoms with Gasteiger partial charge in [0.2, 0.25) is 11.9 Å². The molecule has 2 N–H and O–H groups in total. The first-order valence-corrected chi connectivity index (χ1v) is 5.78. The second kappa shape index (κ2) is 5.12. The zero-order valence-electron chi connectivity index (χ0n) is 9.80. The second-order valence-corrected chi connectivity index (χ2v) is 4.33. The Balaban J connectivity index is 2.14. The van der Waals surface area contributed by atoms with Crippen molar-refractivity contribution in [2.24, 2.45) is 11.7 Å². The summed E-state index contributed by atoms with van der Waals surface area (Å²) in [7, 11) is 0. The molecule has 0 radical (unpaired) electrons. The van der Waals surface area contributed by atoms with Crippen LogP contribution in [0.5, 0.6) is 0 Å². The monoisotopic (exact) mass is 251 g/mol. The summed E-state index contributed by atoms with van der Waals surface area (Å²) in [6.45, 7) is 0.763. The Bertz CT molecular complexity index is 478. The molecule has 5 nitrogen and oxygen atoms in total. The van der Waals surface area contributed by atoms with Crippen LogP contribution in [0.15, 0.2) is 18.3 Å². The van der Waals surface area contributed by atoms with Crippen molar-refractivity contribution in [1.29, 1.82) is 0 Å². The van der Waals surface area contributed by atoms with Gasteiger partial charge in [-0.15, -0.1) is 0 Å². The molecule has 0 aromatic carbocycles. The zero-order chi connectivity index (χ0) is 13.1. The van der Waals surface area contributed by atoms with E-state index in [9.17, 15) is 14.0 Å². The van der Waals surface area contributed by atoms with E-state index in [-0.39, 0.29) is 18.0 Å². The van der Waals surface area contributed by atoms with E-state index in [4.69, 9.17) is 5.73 Å². The molecule has 1 atom stereocenters. The number of amides is 2. The third kappa shape index (κ3) is 2.47. The molecule has 0 spiro atoms. The van der Waals surface area contributed by atoms with Crippen molar-refractivity contribution in [2.45, 2.75) is 12.8 Å². The molecule has 2 heterocycles. The number of primary amides is 1. The quantitative estimate of drug-likeness (QED) is 0.780. The van der Waals surface area contributed by atoms with Crippen LogP contribution in [0.1, 0.15) is 23.2 Å². The largest absolute Gasteiger partial charge is 0.369 e. The minimum atomic E-state index is -0.788. The predicted molar refractivity (Wildman–Crippen MR) is 62.0 cm³/mol. The van der Waals surface area contributed by atoms with Crippen LogP contribution in [0.3, 0.4) is 0 Å². The van der Waals surface area contributed by atoms with E-state index in [0.717, 1.165) is 0 Å². The Labute approximate surface area is 104 Å². The first kappa shape index (κ1) is 12.5. The van der Waals surface area contributed by atoms with Crippen molar-refractivity contribution in [2.75, 3.05) is 13.1 Å². The molecule has 18 heavy (non-hydrogen) atoms. The highest BCUT2D eigenvalue weighted by Crippen LogP contribution is 2.18. The lowest BCUT2D eigenvalue weighted by atomic mass is 9.97. The fourth-order valence-electron chi connectivity index (χ4n) is 2.11. The lowest BCUT2D eigenvalue weighted by molar-refractivity contribution is -0.123. The zero-order valence-corrected chi connectivity index (χ0v) is 9.80. The van der Waals surface area contributed by atoms with Gasteiger partial charge in [0.1, 0.15) is 0 Å². The van der Waals surface area contributed by atoms with Gasteiger partial charge in [-0.3, -0.25) is 9.59 Å². The molecule has 1 aromatic rings. The Morgan fingerprint density at radius 3 is 2.94 bits per heavy atom. The molecule has 2 amide bonds. The van der Waals surface area contributed by atoms with Crippen LogP contribution in [-0.2, 0) is 4.79 Å². The van der Waals surface area contributed by atoms with Crippen LogP contribution in [0.25, 0.3) is 0 Å². The summed E-state index contributed by atoms with van der Waals surface area (Å²) in [5.74, 6) is -1.99. The molecule has 0 bridgehead atoms. The molecular formula is C12H14FN3O2. The van der Waals surface area contributed by atoms with Crippen molar-refractivity contribution in [3.63, 3.8) is 0 Å². The maximum absolute atomic E-state index is 13.4. The fraction of sp³-hybridized carbons (Fsp3) is 0.417. The van der Waals surface area contributed by atoms with Crippen LogP contribution in [0.2, 0.25) is 0 Å². The molecule has 2 rings (SSSR count). The number of carbonyl (C=O) groups is 2. The standard InChI is InChI=1S/C12H14FN3O2/c13-10-9(4-1-5-15-10)12(18)16-6-2-3-8(7-16)11(14)17/h1,4-5,8H,2-3,6-7H2,(H2,14,17). The van der Waals surface area contributed by atoms with E-state index in [1.54, 1.807) is 0 Å². The van der Waals surface area contributed by atoms with E-state index < -0.39 is 17.8 Å². The highest BCUT2D eigenvalue weighted by atomic mass is 19.1. The summed E-state index contributed by atoms with van der Waals surface area (Å²) < 4.78 is 13.4. The minimum Gasteiger partial charge on any atom is -0.369 e. The Morgan fingerprint density at radius 2 is 2.28 bits per heavy atom. The van der Waals surface area contributed by atoms with Gasteiger partial charge in [0, 0.05) is 19.3 Å². The van der Waals surface area contributed by atoms with Crippen LogP contribution in [0.4, 0.5) is 4.39 Å². The molecule has 0 saturated carbocycles. The molecular weight excluding hydrogens is 237 g/mol. The topological polar surface area (TPSA) is 76.3 Å². The Morgan fingerprint density at radius 1 is 1.50 bits per heavy atom. The van der Waals surface area contributed by atoms with Gasteiger partial charge in [-0.1, -0.05) is 0 Å². The maximum Gasteiger partial charge on any atom is 0.258 e. The summed E-state index contributed by atoms with van der Waals surface area (Å²) in [5, 5.41) is 0. The summed E-state index contributed by atoms with van der Waals surface area (Å²) in [5.41, 5.74) is 5.17. The molecule has 1 unspecified atom stereocenters. The summed E-state index contributed by atoms with van der Waals surface area (Å²) in [4.78, 5) is 28.1. The van der Waals surface area contributed by atoms with Crippen LogP contribution < -0.4 is 5.73 Å². The van der Waals surface area contributed by atoms with E-state index in [1.807, 2.05) is 0 Å². The molecule has 6 heteroatoms. The first-order valence-electron chi connectivity index (χ1n) is 5.78. The minimum absolute atomic E-state index is 0.0670. The van der Waals surface area contributed by atoms with Gasteiger partial charge < -0.3 is 10.6 Å². The van der Waals surface area contributed by atoms with Gasteiger partial charge in [0.15, 0.2) is 0 Å². The van der Waals surface area contributed by atoms with Gasteiger partial charge in [0.25, 0.3) is 5.91 Å².